The van der Waals surface area contributed by atoms with Gasteiger partial charge in [-0.15, -0.1) is 35.3 Å². The number of guanidine groups is 1. The summed E-state index contributed by atoms with van der Waals surface area (Å²) in [6.45, 7) is 11.9. The Bertz CT molecular complexity index is 749. The van der Waals surface area contributed by atoms with Gasteiger partial charge in [-0.2, -0.15) is 0 Å². The van der Waals surface area contributed by atoms with Gasteiger partial charge in [-0.25, -0.2) is 4.98 Å². The molecule has 1 saturated heterocycles. The Labute approximate surface area is 202 Å². The van der Waals surface area contributed by atoms with Crippen LogP contribution < -0.4 is 5.32 Å². The maximum Gasteiger partial charge on any atom is 0.208 e. The Kier molecular flexibility index (Phi) is 10.6. The Balaban J connectivity index is 0.00000320. The molecule has 168 valence electrons. The lowest BCUT2D eigenvalue weighted by Crippen LogP contribution is -2.40. The van der Waals surface area contributed by atoms with E-state index in [1.54, 1.807) is 0 Å². The van der Waals surface area contributed by atoms with Gasteiger partial charge in [0, 0.05) is 31.6 Å². The number of aromatic nitrogens is 1. The van der Waals surface area contributed by atoms with Crippen molar-refractivity contribution in [2.45, 2.75) is 46.6 Å². The van der Waals surface area contributed by atoms with Gasteiger partial charge in [-0.1, -0.05) is 6.07 Å². The van der Waals surface area contributed by atoms with E-state index in [1.165, 1.54) is 17.7 Å². The first-order valence-electron chi connectivity index (χ1n) is 10.7. The summed E-state index contributed by atoms with van der Waals surface area (Å²) in [5.41, 5.74) is 1.00. The van der Waals surface area contributed by atoms with Crippen molar-refractivity contribution in [3.05, 3.63) is 39.7 Å². The van der Waals surface area contributed by atoms with Crippen LogP contribution in [0.4, 0.5) is 0 Å². The SMILES string of the molecule is CCNC(=NCC1CCN(Cc2nc(C)c(C)o2)CC1)N(C)CCc1cccs1.I. The van der Waals surface area contributed by atoms with E-state index >= 15 is 0 Å². The fraction of sp³-hybridized carbons (Fsp3) is 0.636. The normalized spacial score (nSPS) is 15.8. The molecule has 1 N–H and O–H groups in total. The lowest BCUT2D eigenvalue weighted by atomic mass is 9.97. The summed E-state index contributed by atoms with van der Waals surface area (Å²) in [6, 6.07) is 4.33. The molecule has 2 aromatic heterocycles. The number of rotatable bonds is 8. The van der Waals surface area contributed by atoms with Gasteiger partial charge < -0.3 is 14.6 Å². The summed E-state index contributed by atoms with van der Waals surface area (Å²) in [5.74, 6) is 3.46. The van der Waals surface area contributed by atoms with E-state index in [2.05, 4.69) is 51.6 Å². The van der Waals surface area contributed by atoms with Crippen LogP contribution in [0.1, 0.15) is 42.0 Å². The number of aliphatic imine (C=N–C) groups is 1. The number of halogens is 1. The van der Waals surface area contributed by atoms with Crippen molar-refractivity contribution in [1.29, 1.82) is 0 Å². The minimum absolute atomic E-state index is 0. The van der Waals surface area contributed by atoms with Crippen LogP contribution in [-0.2, 0) is 13.0 Å². The zero-order chi connectivity index (χ0) is 20.6. The van der Waals surface area contributed by atoms with Crippen LogP contribution >= 0.6 is 35.3 Å². The predicted molar refractivity (Wildman–Crippen MR) is 136 cm³/mol. The van der Waals surface area contributed by atoms with Crippen LogP contribution in [0.5, 0.6) is 0 Å². The van der Waals surface area contributed by atoms with Crippen LogP contribution in [-0.4, -0.2) is 60.5 Å². The molecule has 3 heterocycles. The van der Waals surface area contributed by atoms with Crippen molar-refractivity contribution in [2.75, 3.05) is 39.8 Å². The van der Waals surface area contributed by atoms with E-state index in [9.17, 15) is 0 Å². The van der Waals surface area contributed by atoms with Gasteiger partial charge in [0.2, 0.25) is 5.89 Å². The number of thiophene rings is 1. The third kappa shape index (κ3) is 7.53. The number of aryl methyl sites for hydroxylation is 2. The molecule has 0 amide bonds. The van der Waals surface area contributed by atoms with Crippen molar-refractivity contribution in [3.63, 3.8) is 0 Å². The summed E-state index contributed by atoms with van der Waals surface area (Å²) >= 11 is 1.83. The molecule has 1 aliphatic heterocycles. The van der Waals surface area contributed by atoms with Crippen LogP contribution in [0.25, 0.3) is 0 Å². The quantitative estimate of drug-likeness (QED) is 0.304. The monoisotopic (exact) mass is 545 g/mol. The highest BCUT2D eigenvalue weighted by atomic mass is 127. The maximum absolute atomic E-state index is 5.74. The molecule has 0 aliphatic carbocycles. The van der Waals surface area contributed by atoms with Crippen LogP contribution in [0, 0.1) is 19.8 Å². The van der Waals surface area contributed by atoms with Crippen molar-refractivity contribution >= 4 is 41.3 Å². The molecule has 30 heavy (non-hydrogen) atoms. The minimum Gasteiger partial charge on any atom is -0.444 e. The molecule has 0 atom stereocenters. The van der Waals surface area contributed by atoms with Crippen LogP contribution in [0.2, 0.25) is 0 Å². The number of nitrogens with zero attached hydrogens (tertiary/aromatic N) is 4. The number of likely N-dealkylation sites (N-methyl/N-ethyl adjacent to an activating group) is 1. The summed E-state index contributed by atoms with van der Waals surface area (Å²) < 4.78 is 5.74. The molecule has 1 aliphatic rings. The summed E-state index contributed by atoms with van der Waals surface area (Å²) in [7, 11) is 2.14. The fourth-order valence-electron chi connectivity index (χ4n) is 3.65. The Morgan fingerprint density at radius 3 is 2.73 bits per heavy atom. The first kappa shape index (κ1) is 25.1. The van der Waals surface area contributed by atoms with Crippen LogP contribution in [0.3, 0.4) is 0 Å². The summed E-state index contributed by atoms with van der Waals surface area (Å²) in [4.78, 5) is 15.6. The van der Waals surface area contributed by atoms with E-state index < -0.39 is 0 Å². The molecule has 0 bridgehead atoms. The Morgan fingerprint density at radius 1 is 1.37 bits per heavy atom. The largest absolute Gasteiger partial charge is 0.444 e. The first-order chi connectivity index (χ1) is 14.0. The van der Waals surface area contributed by atoms with E-state index in [-0.39, 0.29) is 24.0 Å². The number of nitrogens with one attached hydrogen (secondary N) is 1. The molecular formula is C22H36IN5OS. The van der Waals surface area contributed by atoms with Crippen LogP contribution in [0.15, 0.2) is 26.9 Å². The van der Waals surface area contributed by atoms with Crippen molar-refractivity contribution < 1.29 is 4.42 Å². The van der Waals surface area contributed by atoms with Gasteiger partial charge in [0.1, 0.15) is 5.76 Å². The van der Waals surface area contributed by atoms with Gasteiger partial charge in [0.25, 0.3) is 0 Å². The fourth-order valence-corrected chi connectivity index (χ4v) is 4.35. The number of piperidine rings is 1. The van der Waals surface area contributed by atoms with E-state index in [1.807, 2.05) is 25.2 Å². The molecule has 0 radical (unpaired) electrons. The highest BCUT2D eigenvalue weighted by Gasteiger charge is 2.21. The number of likely N-dealkylation sites (tertiary alicyclic amines) is 1. The molecule has 0 aromatic carbocycles. The molecule has 6 nitrogen and oxygen atoms in total. The average Bonchev–Trinajstić information content (AvgIpc) is 3.34. The highest BCUT2D eigenvalue weighted by molar-refractivity contribution is 14.0. The van der Waals surface area contributed by atoms with Gasteiger partial charge in [-0.05, 0) is 70.5 Å². The molecule has 3 rings (SSSR count). The molecule has 0 unspecified atom stereocenters. The lowest BCUT2D eigenvalue weighted by molar-refractivity contribution is 0.166. The number of hydrogen-bond donors (Lipinski definition) is 1. The van der Waals surface area contributed by atoms with E-state index in [0.717, 1.165) is 69.0 Å². The van der Waals surface area contributed by atoms with Crippen molar-refractivity contribution in [3.8, 4) is 0 Å². The lowest BCUT2D eigenvalue weighted by Gasteiger charge is -2.30. The smallest absolute Gasteiger partial charge is 0.208 e. The standard InChI is InChI=1S/C22H35N5OS.HI/c1-5-23-22(26(4)11-10-20-7-6-14-29-20)24-15-19-8-12-27(13-9-19)16-21-25-17(2)18(3)28-21;/h6-7,14,19H,5,8-13,15-16H2,1-4H3,(H,23,24);1H. The summed E-state index contributed by atoms with van der Waals surface area (Å²) in [6.07, 6.45) is 3.43. The zero-order valence-electron chi connectivity index (χ0n) is 18.7. The second kappa shape index (κ2) is 12.7. The van der Waals surface area contributed by atoms with Gasteiger partial charge in [-0.3, -0.25) is 9.89 Å². The van der Waals surface area contributed by atoms with E-state index in [4.69, 9.17) is 9.41 Å². The maximum atomic E-state index is 5.74. The molecule has 1 fully saturated rings. The third-order valence-electron chi connectivity index (χ3n) is 5.61. The second-order valence-corrected chi connectivity index (χ2v) is 8.95. The highest BCUT2D eigenvalue weighted by Crippen LogP contribution is 2.20. The Hall–Kier alpha value is -1.13. The van der Waals surface area contributed by atoms with Crippen molar-refractivity contribution in [1.82, 2.24) is 20.1 Å². The summed E-state index contributed by atoms with van der Waals surface area (Å²) in [5, 5.41) is 5.59. The first-order valence-corrected chi connectivity index (χ1v) is 11.6. The molecule has 0 saturated carbocycles. The van der Waals surface area contributed by atoms with E-state index in [0.29, 0.717) is 5.92 Å². The average molecular weight is 546 g/mol. The van der Waals surface area contributed by atoms with Gasteiger partial charge in [0.15, 0.2) is 5.96 Å². The number of oxazole rings is 1. The molecule has 0 spiro atoms. The number of hydrogen-bond acceptors (Lipinski definition) is 5. The van der Waals surface area contributed by atoms with Crippen molar-refractivity contribution in [2.24, 2.45) is 10.9 Å². The minimum atomic E-state index is 0. The Morgan fingerprint density at radius 2 is 2.13 bits per heavy atom. The molecule has 2 aromatic rings. The molecule has 8 heteroatoms. The third-order valence-corrected chi connectivity index (χ3v) is 6.54. The second-order valence-electron chi connectivity index (χ2n) is 7.91. The topological polar surface area (TPSA) is 56.9 Å². The van der Waals surface area contributed by atoms with Gasteiger partial charge >= 0.3 is 0 Å². The molecular weight excluding hydrogens is 509 g/mol. The predicted octanol–water partition coefficient (Wildman–Crippen LogP) is 4.32. The zero-order valence-corrected chi connectivity index (χ0v) is 21.8. The van der Waals surface area contributed by atoms with Gasteiger partial charge in [0.05, 0.1) is 12.2 Å².